The first-order chi connectivity index (χ1) is 9.06. The van der Waals surface area contributed by atoms with Crippen molar-refractivity contribution in [3.05, 3.63) is 52.3 Å². The van der Waals surface area contributed by atoms with Gasteiger partial charge in [0.2, 0.25) is 0 Å². The number of ether oxygens (including phenoxy) is 1. The van der Waals surface area contributed by atoms with Crippen molar-refractivity contribution in [2.24, 2.45) is 0 Å². The van der Waals surface area contributed by atoms with Gasteiger partial charge in [-0.3, -0.25) is 0 Å². The molecule has 0 saturated heterocycles. The van der Waals surface area contributed by atoms with Gasteiger partial charge in [0.05, 0.1) is 4.47 Å². The van der Waals surface area contributed by atoms with E-state index < -0.39 is 0 Å². The molecule has 0 amide bonds. The number of benzene rings is 2. The Morgan fingerprint density at radius 2 is 1.79 bits per heavy atom. The maximum atomic E-state index is 13.3. The normalized spacial score (nSPS) is 9.53. The van der Waals surface area contributed by atoms with E-state index in [1.807, 2.05) is 13.8 Å². The fourth-order valence-electron chi connectivity index (χ4n) is 1.36. The maximum absolute atomic E-state index is 13.3. The Bertz CT molecular complexity index is 558. The summed E-state index contributed by atoms with van der Waals surface area (Å²) in [7, 11) is 0. The number of hydrogen-bond donors (Lipinski definition) is 1. The second-order valence-corrected chi connectivity index (χ2v) is 4.56. The molecule has 0 fully saturated rings. The first kappa shape index (κ1) is 15.5. The Balaban J connectivity index is 0.000000861. The fraction of sp³-hybridized carbons (Fsp3) is 0.200. The van der Waals surface area contributed by atoms with Crippen LogP contribution in [0.5, 0.6) is 11.5 Å². The van der Waals surface area contributed by atoms with Crippen molar-refractivity contribution in [1.29, 1.82) is 0 Å². The average Bonchev–Trinajstić information content (AvgIpc) is 2.39. The third-order valence-electron chi connectivity index (χ3n) is 2.33. The van der Waals surface area contributed by atoms with Gasteiger partial charge in [0.15, 0.2) is 0 Å². The van der Waals surface area contributed by atoms with Crippen LogP contribution in [0.4, 0.5) is 10.1 Å². The predicted molar refractivity (Wildman–Crippen MR) is 81.1 cm³/mol. The molecule has 0 radical (unpaired) electrons. The zero-order valence-corrected chi connectivity index (χ0v) is 12.8. The monoisotopic (exact) mass is 325 g/mol. The molecule has 102 valence electrons. The van der Waals surface area contributed by atoms with Crippen LogP contribution in [0.3, 0.4) is 0 Å². The molecule has 0 bridgehead atoms. The SMILES string of the molecule is CC.Cc1ccc(Oc2ccc(N)cc2Br)cc1F. The molecule has 2 aromatic rings. The van der Waals surface area contributed by atoms with Gasteiger partial charge in [0.25, 0.3) is 0 Å². The van der Waals surface area contributed by atoms with Gasteiger partial charge in [-0.1, -0.05) is 19.9 Å². The second-order valence-electron chi connectivity index (χ2n) is 3.70. The molecule has 2 rings (SSSR count). The van der Waals surface area contributed by atoms with E-state index >= 15 is 0 Å². The maximum Gasteiger partial charge on any atom is 0.141 e. The number of hydrogen-bond acceptors (Lipinski definition) is 2. The van der Waals surface area contributed by atoms with Crippen molar-refractivity contribution in [2.45, 2.75) is 20.8 Å². The first-order valence-electron chi connectivity index (χ1n) is 6.05. The number of aryl methyl sites for hydroxylation is 1. The van der Waals surface area contributed by atoms with Gasteiger partial charge in [-0.05, 0) is 52.7 Å². The van der Waals surface area contributed by atoms with Crippen molar-refractivity contribution in [3.63, 3.8) is 0 Å². The van der Waals surface area contributed by atoms with Gasteiger partial charge in [-0.25, -0.2) is 4.39 Å². The van der Waals surface area contributed by atoms with Gasteiger partial charge in [-0.15, -0.1) is 0 Å². The Morgan fingerprint density at radius 3 is 2.37 bits per heavy atom. The smallest absolute Gasteiger partial charge is 0.141 e. The molecule has 2 aromatic carbocycles. The van der Waals surface area contributed by atoms with Crippen molar-refractivity contribution >= 4 is 21.6 Å². The minimum absolute atomic E-state index is 0.283. The standard InChI is InChI=1S/C13H11BrFNO.C2H6/c1-8-2-4-10(7-12(8)15)17-13-5-3-9(16)6-11(13)14;1-2/h2-7H,16H2,1H3;1-2H3. The van der Waals surface area contributed by atoms with E-state index in [4.69, 9.17) is 10.5 Å². The number of anilines is 1. The summed E-state index contributed by atoms with van der Waals surface area (Å²) < 4.78 is 19.6. The Morgan fingerprint density at radius 1 is 1.11 bits per heavy atom. The highest BCUT2D eigenvalue weighted by Crippen LogP contribution is 2.31. The molecule has 0 atom stereocenters. The molecule has 0 unspecified atom stereocenters. The van der Waals surface area contributed by atoms with Crippen molar-refractivity contribution in [2.75, 3.05) is 5.73 Å². The molecule has 2 nitrogen and oxygen atoms in total. The molecule has 2 N–H and O–H groups in total. The predicted octanol–water partition coefficient (Wildman–Crippen LogP) is 5.30. The highest BCUT2D eigenvalue weighted by molar-refractivity contribution is 9.10. The number of nitrogens with two attached hydrogens (primary N) is 1. The van der Waals surface area contributed by atoms with Crippen LogP contribution in [-0.2, 0) is 0 Å². The fourth-order valence-corrected chi connectivity index (χ4v) is 1.84. The lowest BCUT2D eigenvalue weighted by atomic mass is 10.2. The molecule has 0 aromatic heterocycles. The van der Waals surface area contributed by atoms with Crippen LogP contribution in [0.1, 0.15) is 19.4 Å². The zero-order valence-electron chi connectivity index (χ0n) is 11.2. The summed E-state index contributed by atoms with van der Waals surface area (Å²) in [6.45, 7) is 5.71. The Labute approximate surface area is 121 Å². The van der Waals surface area contributed by atoms with E-state index in [1.165, 1.54) is 6.07 Å². The average molecular weight is 326 g/mol. The lowest BCUT2D eigenvalue weighted by Crippen LogP contribution is -1.90. The highest BCUT2D eigenvalue weighted by Gasteiger charge is 2.05. The van der Waals surface area contributed by atoms with E-state index in [0.29, 0.717) is 22.7 Å². The highest BCUT2D eigenvalue weighted by atomic mass is 79.9. The summed E-state index contributed by atoms with van der Waals surface area (Å²) in [6, 6.07) is 9.96. The summed E-state index contributed by atoms with van der Waals surface area (Å²) in [4.78, 5) is 0. The van der Waals surface area contributed by atoms with Gasteiger partial charge < -0.3 is 10.5 Å². The summed E-state index contributed by atoms with van der Waals surface area (Å²) >= 11 is 3.34. The number of halogens is 2. The van der Waals surface area contributed by atoms with E-state index in [-0.39, 0.29) is 5.82 Å². The number of nitrogen functional groups attached to an aromatic ring is 1. The molecular formula is C15H17BrFNO. The molecule has 0 heterocycles. The zero-order chi connectivity index (χ0) is 14.4. The van der Waals surface area contributed by atoms with E-state index in [2.05, 4.69) is 15.9 Å². The first-order valence-corrected chi connectivity index (χ1v) is 6.84. The molecule has 4 heteroatoms. The number of rotatable bonds is 2. The van der Waals surface area contributed by atoms with Crippen LogP contribution < -0.4 is 10.5 Å². The van der Waals surface area contributed by atoms with Gasteiger partial charge in [0, 0.05) is 11.8 Å². The van der Waals surface area contributed by atoms with Crippen LogP contribution in [0, 0.1) is 12.7 Å². The molecule has 0 spiro atoms. The quantitative estimate of drug-likeness (QED) is 0.760. The molecule has 19 heavy (non-hydrogen) atoms. The van der Waals surface area contributed by atoms with Gasteiger partial charge in [0.1, 0.15) is 17.3 Å². The van der Waals surface area contributed by atoms with Crippen molar-refractivity contribution < 1.29 is 9.13 Å². The van der Waals surface area contributed by atoms with Crippen LogP contribution in [0.25, 0.3) is 0 Å². The van der Waals surface area contributed by atoms with Crippen molar-refractivity contribution in [3.8, 4) is 11.5 Å². The lowest BCUT2D eigenvalue weighted by Gasteiger charge is -2.09. The van der Waals surface area contributed by atoms with Crippen LogP contribution in [0.15, 0.2) is 40.9 Å². The van der Waals surface area contributed by atoms with Crippen LogP contribution in [0.2, 0.25) is 0 Å². The van der Waals surface area contributed by atoms with Crippen molar-refractivity contribution in [1.82, 2.24) is 0 Å². The molecular weight excluding hydrogens is 309 g/mol. The van der Waals surface area contributed by atoms with Crippen LogP contribution in [-0.4, -0.2) is 0 Å². The summed E-state index contributed by atoms with van der Waals surface area (Å²) in [5.41, 5.74) is 6.85. The Hall–Kier alpha value is -1.55. The van der Waals surface area contributed by atoms with E-state index in [9.17, 15) is 4.39 Å². The third kappa shape index (κ3) is 4.24. The van der Waals surface area contributed by atoms with Crippen LogP contribution >= 0.6 is 15.9 Å². The van der Waals surface area contributed by atoms with Gasteiger partial charge >= 0.3 is 0 Å². The topological polar surface area (TPSA) is 35.2 Å². The second kappa shape index (κ2) is 7.14. The van der Waals surface area contributed by atoms with Gasteiger partial charge in [-0.2, -0.15) is 0 Å². The summed E-state index contributed by atoms with van der Waals surface area (Å²) in [5, 5.41) is 0. The minimum atomic E-state index is -0.283. The molecule has 0 aliphatic heterocycles. The van der Waals surface area contributed by atoms with E-state index in [1.54, 1.807) is 37.3 Å². The molecule has 0 aliphatic carbocycles. The summed E-state index contributed by atoms with van der Waals surface area (Å²) in [5.74, 6) is 0.773. The summed E-state index contributed by atoms with van der Waals surface area (Å²) in [6.07, 6.45) is 0. The minimum Gasteiger partial charge on any atom is -0.456 e. The largest absolute Gasteiger partial charge is 0.456 e. The Kier molecular flexibility index (Phi) is 5.83. The third-order valence-corrected chi connectivity index (χ3v) is 2.95. The molecule has 0 aliphatic rings. The molecule has 0 saturated carbocycles. The lowest BCUT2D eigenvalue weighted by molar-refractivity contribution is 0.473. The van der Waals surface area contributed by atoms with E-state index in [0.717, 1.165) is 4.47 Å².